The van der Waals surface area contributed by atoms with E-state index in [1.54, 1.807) is 0 Å². The van der Waals surface area contributed by atoms with Gasteiger partial charge in [0.05, 0.1) is 10.5 Å². The molecule has 2 N–H and O–H groups in total. The van der Waals surface area contributed by atoms with Gasteiger partial charge in [-0.2, -0.15) is 0 Å². The summed E-state index contributed by atoms with van der Waals surface area (Å²) in [6.07, 6.45) is 0.00421. The molecule has 0 radical (unpaired) electrons. The zero-order valence-electron chi connectivity index (χ0n) is 15.4. The van der Waals surface area contributed by atoms with Crippen molar-refractivity contribution in [1.29, 1.82) is 0 Å². The standard InChI is InChI=1S/C21H15N3O6/c25-20(26)12-9-18(24(28)29)19(22-10-12)23-21(27)30-11-17-15-7-3-1-5-13(15)14-6-2-4-8-16(14)17/h1-10,17H,11H2,(H,25,26)(H,22,23,27). The topological polar surface area (TPSA) is 132 Å². The monoisotopic (exact) mass is 405 g/mol. The van der Waals surface area contributed by atoms with Gasteiger partial charge >= 0.3 is 17.7 Å². The molecule has 0 saturated heterocycles. The van der Waals surface area contributed by atoms with Crippen LogP contribution in [0.2, 0.25) is 0 Å². The van der Waals surface area contributed by atoms with Gasteiger partial charge in [-0.1, -0.05) is 48.5 Å². The zero-order chi connectivity index (χ0) is 21.3. The van der Waals surface area contributed by atoms with E-state index in [0.717, 1.165) is 34.5 Å². The molecule has 9 nitrogen and oxygen atoms in total. The van der Waals surface area contributed by atoms with Gasteiger partial charge in [0.25, 0.3) is 0 Å². The summed E-state index contributed by atoms with van der Waals surface area (Å²) in [6, 6.07) is 16.5. The van der Waals surface area contributed by atoms with E-state index in [0.29, 0.717) is 0 Å². The summed E-state index contributed by atoms with van der Waals surface area (Å²) in [5.74, 6) is -1.92. The van der Waals surface area contributed by atoms with Crippen LogP contribution in [0, 0.1) is 10.1 Å². The molecular weight excluding hydrogens is 390 g/mol. The third-order valence-corrected chi connectivity index (χ3v) is 4.88. The maximum Gasteiger partial charge on any atom is 0.413 e. The van der Waals surface area contributed by atoms with Crippen molar-refractivity contribution in [3.05, 3.63) is 87.6 Å². The summed E-state index contributed by atoms with van der Waals surface area (Å²) in [5, 5.41) is 22.4. The first-order chi connectivity index (χ1) is 14.5. The zero-order valence-corrected chi connectivity index (χ0v) is 15.4. The maximum absolute atomic E-state index is 12.3. The summed E-state index contributed by atoms with van der Waals surface area (Å²) in [4.78, 5) is 37.3. The third-order valence-electron chi connectivity index (χ3n) is 4.88. The lowest BCUT2D eigenvalue weighted by atomic mass is 9.98. The number of nitrogens with one attached hydrogen (secondary N) is 1. The largest absolute Gasteiger partial charge is 0.478 e. The number of hydrogen-bond donors (Lipinski definition) is 2. The molecule has 0 atom stereocenters. The van der Waals surface area contributed by atoms with Crippen molar-refractivity contribution in [2.24, 2.45) is 0 Å². The molecule has 1 amide bonds. The molecule has 9 heteroatoms. The molecule has 2 aromatic carbocycles. The fourth-order valence-corrected chi connectivity index (χ4v) is 3.54. The van der Waals surface area contributed by atoms with Gasteiger partial charge in [-0.05, 0) is 22.3 Å². The Hall–Kier alpha value is -4.27. The number of carboxylic acid groups (broad SMARTS) is 1. The summed E-state index contributed by atoms with van der Waals surface area (Å²) >= 11 is 0. The van der Waals surface area contributed by atoms with Crippen LogP contribution in [0.25, 0.3) is 11.1 Å². The number of carboxylic acids is 1. The lowest BCUT2D eigenvalue weighted by Gasteiger charge is -2.14. The Kier molecular flexibility index (Phi) is 4.85. The first-order valence-electron chi connectivity index (χ1n) is 8.95. The Morgan fingerprint density at radius 1 is 1.10 bits per heavy atom. The highest BCUT2D eigenvalue weighted by molar-refractivity contribution is 5.91. The predicted octanol–water partition coefficient (Wildman–Crippen LogP) is 4.05. The minimum atomic E-state index is -1.36. The molecule has 1 aromatic heterocycles. The Morgan fingerprint density at radius 3 is 2.27 bits per heavy atom. The highest BCUT2D eigenvalue weighted by Crippen LogP contribution is 2.44. The molecule has 1 aliphatic rings. The number of pyridine rings is 1. The summed E-state index contributed by atoms with van der Waals surface area (Å²) in [7, 11) is 0. The van der Waals surface area contributed by atoms with Gasteiger partial charge in [0.15, 0.2) is 0 Å². The van der Waals surface area contributed by atoms with Crippen LogP contribution in [0.15, 0.2) is 60.8 Å². The van der Waals surface area contributed by atoms with Gasteiger partial charge in [-0.3, -0.25) is 15.4 Å². The molecule has 3 aromatic rings. The molecule has 1 heterocycles. The molecule has 0 saturated carbocycles. The van der Waals surface area contributed by atoms with Crippen molar-refractivity contribution in [2.45, 2.75) is 5.92 Å². The summed E-state index contributed by atoms with van der Waals surface area (Å²) in [6.45, 7) is 0.0286. The number of carbonyl (C=O) groups excluding carboxylic acids is 1. The summed E-state index contributed by atoms with van der Waals surface area (Å²) in [5.41, 5.74) is 3.21. The van der Waals surface area contributed by atoms with Crippen molar-refractivity contribution in [2.75, 3.05) is 11.9 Å². The van der Waals surface area contributed by atoms with Crippen LogP contribution in [0.3, 0.4) is 0 Å². The molecule has 30 heavy (non-hydrogen) atoms. The van der Waals surface area contributed by atoms with Gasteiger partial charge in [-0.15, -0.1) is 0 Å². The number of ether oxygens (including phenoxy) is 1. The van der Waals surface area contributed by atoms with Gasteiger partial charge in [0, 0.05) is 18.2 Å². The average Bonchev–Trinajstić information content (AvgIpc) is 3.06. The van der Waals surface area contributed by atoms with Gasteiger partial charge < -0.3 is 9.84 Å². The number of nitro groups is 1. The van der Waals surface area contributed by atoms with Crippen LogP contribution in [0.4, 0.5) is 16.3 Å². The SMILES string of the molecule is O=C(Nc1ncc(C(=O)O)cc1[N+](=O)[O-])OCC1c2ccccc2-c2ccccc21. The second-order valence-electron chi connectivity index (χ2n) is 6.60. The number of amides is 1. The highest BCUT2D eigenvalue weighted by atomic mass is 16.6. The molecule has 1 aliphatic carbocycles. The lowest BCUT2D eigenvalue weighted by Crippen LogP contribution is -2.19. The number of fused-ring (bicyclic) bond motifs is 3. The fourth-order valence-electron chi connectivity index (χ4n) is 3.54. The second kappa shape index (κ2) is 7.63. The van der Waals surface area contributed by atoms with Crippen LogP contribution < -0.4 is 5.32 Å². The minimum absolute atomic E-state index is 0.0286. The normalized spacial score (nSPS) is 12.0. The first kappa shape index (κ1) is 19.1. The Balaban J connectivity index is 1.51. The van der Waals surface area contributed by atoms with Crippen LogP contribution in [0.5, 0.6) is 0 Å². The fraction of sp³-hybridized carbons (Fsp3) is 0.0952. The van der Waals surface area contributed by atoms with E-state index in [1.807, 2.05) is 48.5 Å². The van der Waals surface area contributed by atoms with Crippen LogP contribution >= 0.6 is 0 Å². The maximum atomic E-state index is 12.3. The van der Waals surface area contributed by atoms with Crippen molar-refractivity contribution >= 4 is 23.6 Å². The molecule has 0 bridgehead atoms. The van der Waals surface area contributed by atoms with Crippen molar-refractivity contribution < 1.29 is 24.4 Å². The van der Waals surface area contributed by atoms with E-state index in [4.69, 9.17) is 9.84 Å². The highest BCUT2D eigenvalue weighted by Gasteiger charge is 2.29. The van der Waals surface area contributed by atoms with Crippen LogP contribution in [-0.2, 0) is 4.74 Å². The number of anilines is 1. The number of rotatable bonds is 5. The number of hydrogen-bond acceptors (Lipinski definition) is 6. The smallest absolute Gasteiger partial charge is 0.413 e. The van der Waals surface area contributed by atoms with Gasteiger partial charge in [0.2, 0.25) is 5.82 Å². The van der Waals surface area contributed by atoms with Gasteiger partial charge in [-0.25, -0.2) is 14.6 Å². The predicted molar refractivity (Wildman–Crippen MR) is 107 cm³/mol. The van der Waals surface area contributed by atoms with Gasteiger partial charge in [0.1, 0.15) is 6.61 Å². The molecule has 0 aliphatic heterocycles. The third kappa shape index (κ3) is 3.44. The molecule has 4 rings (SSSR count). The molecule has 0 unspecified atom stereocenters. The van der Waals surface area contributed by atoms with E-state index < -0.39 is 22.7 Å². The average molecular weight is 405 g/mol. The molecular formula is C21H15N3O6. The first-order valence-corrected chi connectivity index (χ1v) is 8.95. The number of aromatic carboxylic acids is 1. The minimum Gasteiger partial charge on any atom is -0.478 e. The van der Waals surface area contributed by atoms with E-state index >= 15 is 0 Å². The summed E-state index contributed by atoms with van der Waals surface area (Å²) < 4.78 is 5.33. The number of carbonyl (C=O) groups is 2. The quantitative estimate of drug-likeness (QED) is 0.483. The number of benzene rings is 2. The molecule has 150 valence electrons. The van der Waals surface area contributed by atoms with Crippen molar-refractivity contribution in [3.8, 4) is 11.1 Å². The van der Waals surface area contributed by atoms with E-state index in [1.165, 1.54) is 0 Å². The molecule has 0 spiro atoms. The Labute approximate surface area is 170 Å². The number of aromatic nitrogens is 1. The van der Waals surface area contributed by atoms with Crippen molar-refractivity contribution in [3.63, 3.8) is 0 Å². The van der Waals surface area contributed by atoms with E-state index in [-0.39, 0.29) is 23.9 Å². The second-order valence-corrected chi connectivity index (χ2v) is 6.60. The number of nitrogens with zero attached hydrogens (tertiary/aromatic N) is 2. The van der Waals surface area contributed by atoms with E-state index in [9.17, 15) is 19.7 Å². The van der Waals surface area contributed by atoms with Crippen LogP contribution in [-0.4, -0.2) is 33.7 Å². The van der Waals surface area contributed by atoms with E-state index in [2.05, 4.69) is 10.3 Å². The Bertz CT molecular complexity index is 1130. The van der Waals surface area contributed by atoms with Crippen LogP contribution in [0.1, 0.15) is 27.4 Å². The Morgan fingerprint density at radius 2 is 1.70 bits per heavy atom. The lowest BCUT2D eigenvalue weighted by molar-refractivity contribution is -0.384. The molecule has 0 fully saturated rings. The van der Waals surface area contributed by atoms with Crippen molar-refractivity contribution in [1.82, 2.24) is 4.98 Å².